The average molecular weight is 231 g/mol. The molecule has 1 nitrogen and oxygen atoms in total. The van der Waals surface area contributed by atoms with Gasteiger partial charge >= 0.3 is 0 Å². The lowest BCUT2D eigenvalue weighted by Gasteiger charge is -2.07. The van der Waals surface area contributed by atoms with Gasteiger partial charge in [0.25, 0.3) is 0 Å². The van der Waals surface area contributed by atoms with Crippen molar-refractivity contribution in [3.8, 4) is 11.3 Å². The van der Waals surface area contributed by atoms with E-state index in [4.69, 9.17) is 0 Å². The van der Waals surface area contributed by atoms with Gasteiger partial charge in [-0.1, -0.05) is 61.2 Å². The summed E-state index contributed by atoms with van der Waals surface area (Å²) in [5, 5.41) is 2.36. The first kappa shape index (κ1) is 10.7. The predicted octanol–water partition coefficient (Wildman–Crippen LogP) is 4.54. The van der Waals surface area contributed by atoms with Crippen LogP contribution in [-0.2, 0) is 0 Å². The molecule has 1 aromatic heterocycles. The molecule has 0 radical (unpaired) electrons. The summed E-state index contributed by atoms with van der Waals surface area (Å²) in [6.45, 7) is 3.86. The van der Waals surface area contributed by atoms with E-state index >= 15 is 0 Å². The van der Waals surface area contributed by atoms with E-state index in [1.807, 2.05) is 42.6 Å². The molecule has 0 fully saturated rings. The number of benzene rings is 2. The Kier molecular flexibility index (Phi) is 2.66. The maximum Gasteiger partial charge on any atom is 0.0780 e. The minimum atomic E-state index is 1.02. The van der Waals surface area contributed by atoms with E-state index in [-0.39, 0.29) is 0 Å². The Hall–Kier alpha value is -2.41. The van der Waals surface area contributed by atoms with Gasteiger partial charge in [0, 0.05) is 17.1 Å². The molecule has 18 heavy (non-hydrogen) atoms. The standard InChI is InChI=1S/C17H13N/c1-2-13-9-6-10-16-15(13)11-12-18-17(16)14-7-4-3-5-8-14/h2-12H,1H2. The monoisotopic (exact) mass is 231 g/mol. The van der Waals surface area contributed by atoms with Crippen molar-refractivity contribution < 1.29 is 0 Å². The fourth-order valence-electron chi connectivity index (χ4n) is 2.24. The Bertz CT molecular complexity index is 699. The largest absolute Gasteiger partial charge is 0.256 e. The van der Waals surface area contributed by atoms with Gasteiger partial charge in [-0.2, -0.15) is 0 Å². The van der Waals surface area contributed by atoms with Crippen LogP contribution in [0.5, 0.6) is 0 Å². The van der Waals surface area contributed by atoms with Crippen LogP contribution in [0.15, 0.2) is 67.4 Å². The number of hydrogen-bond acceptors (Lipinski definition) is 1. The van der Waals surface area contributed by atoms with Crippen LogP contribution in [0.25, 0.3) is 28.1 Å². The van der Waals surface area contributed by atoms with Crippen molar-refractivity contribution in [2.45, 2.75) is 0 Å². The number of nitrogens with zero attached hydrogens (tertiary/aromatic N) is 1. The zero-order valence-electron chi connectivity index (χ0n) is 10.0. The van der Waals surface area contributed by atoms with E-state index in [2.05, 4.69) is 35.8 Å². The van der Waals surface area contributed by atoms with Gasteiger partial charge in [-0.25, -0.2) is 0 Å². The molecular weight excluding hydrogens is 218 g/mol. The van der Waals surface area contributed by atoms with Gasteiger partial charge < -0.3 is 0 Å². The van der Waals surface area contributed by atoms with Crippen molar-refractivity contribution in [3.63, 3.8) is 0 Å². The lowest BCUT2D eigenvalue weighted by Crippen LogP contribution is -1.87. The molecule has 0 unspecified atom stereocenters. The third kappa shape index (κ3) is 1.70. The van der Waals surface area contributed by atoms with Gasteiger partial charge in [-0.3, -0.25) is 4.98 Å². The summed E-state index contributed by atoms with van der Waals surface area (Å²) in [5.41, 5.74) is 3.31. The summed E-state index contributed by atoms with van der Waals surface area (Å²) in [7, 11) is 0. The third-order valence-electron chi connectivity index (χ3n) is 3.11. The van der Waals surface area contributed by atoms with E-state index < -0.39 is 0 Å². The molecule has 3 aromatic rings. The van der Waals surface area contributed by atoms with Crippen LogP contribution in [0.4, 0.5) is 0 Å². The molecule has 3 rings (SSSR count). The molecule has 0 spiro atoms. The molecule has 0 aliphatic rings. The number of rotatable bonds is 2. The molecule has 1 heteroatoms. The van der Waals surface area contributed by atoms with Crippen molar-refractivity contribution in [3.05, 3.63) is 72.9 Å². The summed E-state index contributed by atoms with van der Waals surface area (Å²) < 4.78 is 0. The van der Waals surface area contributed by atoms with Crippen molar-refractivity contribution in [1.82, 2.24) is 4.98 Å². The smallest absolute Gasteiger partial charge is 0.0780 e. The maximum atomic E-state index is 4.52. The SMILES string of the molecule is C=Cc1cccc2c(-c3ccccc3)nccc12. The summed E-state index contributed by atoms with van der Waals surface area (Å²) in [5.74, 6) is 0. The van der Waals surface area contributed by atoms with Crippen molar-refractivity contribution >= 4 is 16.8 Å². The Morgan fingerprint density at radius 2 is 1.67 bits per heavy atom. The summed E-state index contributed by atoms with van der Waals surface area (Å²) in [6.07, 6.45) is 3.74. The molecule has 0 N–H and O–H groups in total. The molecule has 0 bridgehead atoms. The highest BCUT2D eigenvalue weighted by atomic mass is 14.7. The second-order valence-corrected chi connectivity index (χ2v) is 4.17. The van der Waals surface area contributed by atoms with Gasteiger partial charge in [0.05, 0.1) is 5.69 Å². The van der Waals surface area contributed by atoms with Crippen LogP contribution in [0.1, 0.15) is 5.56 Å². The van der Waals surface area contributed by atoms with Crippen LogP contribution in [0.2, 0.25) is 0 Å². The molecule has 0 aliphatic carbocycles. The van der Waals surface area contributed by atoms with E-state index in [0.717, 1.165) is 16.8 Å². The minimum Gasteiger partial charge on any atom is -0.256 e. The first-order valence-corrected chi connectivity index (χ1v) is 5.96. The number of pyridine rings is 1. The van der Waals surface area contributed by atoms with Gasteiger partial charge in [0.1, 0.15) is 0 Å². The summed E-state index contributed by atoms with van der Waals surface area (Å²) >= 11 is 0. The van der Waals surface area contributed by atoms with E-state index in [1.165, 1.54) is 10.8 Å². The molecule has 0 aliphatic heterocycles. The number of aromatic nitrogens is 1. The zero-order valence-corrected chi connectivity index (χ0v) is 10.0. The predicted molar refractivity (Wildman–Crippen MR) is 77.3 cm³/mol. The first-order valence-electron chi connectivity index (χ1n) is 5.96. The fourth-order valence-corrected chi connectivity index (χ4v) is 2.24. The van der Waals surface area contributed by atoms with Crippen molar-refractivity contribution in [1.29, 1.82) is 0 Å². The van der Waals surface area contributed by atoms with E-state index in [9.17, 15) is 0 Å². The maximum absolute atomic E-state index is 4.52. The second-order valence-electron chi connectivity index (χ2n) is 4.17. The Balaban J connectivity index is 2.35. The molecule has 86 valence electrons. The highest BCUT2D eigenvalue weighted by Crippen LogP contribution is 2.28. The van der Waals surface area contributed by atoms with Crippen molar-refractivity contribution in [2.75, 3.05) is 0 Å². The van der Waals surface area contributed by atoms with Gasteiger partial charge in [0.2, 0.25) is 0 Å². The molecule has 0 amide bonds. The molecule has 0 atom stereocenters. The van der Waals surface area contributed by atoms with Crippen LogP contribution in [0, 0.1) is 0 Å². The minimum absolute atomic E-state index is 1.02. The molecule has 0 saturated carbocycles. The molecule has 2 aromatic carbocycles. The van der Waals surface area contributed by atoms with Crippen LogP contribution < -0.4 is 0 Å². The van der Waals surface area contributed by atoms with Gasteiger partial charge in [0.15, 0.2) is 0 Å². The second kappa shape index (κ2) is 4.46. The number of fused-ring (bicyclic) bond motifs is 1. The van der Waals surface area contributed by atoms with Gasteiger partial charge in [-0.05, 0) is 17.0 Å². The summed E-state index contributed by atoms with van der Waals surface area (Å²) in [6, 6.07) is 18.5. The Morgan fingerprint density at radius 3 is 2.44 bits per heavy atom. The Labute approximate surface area is 106 Å². The summed E-state index contributed by atoms with van der Waals surface area (Å²) in [4.78, 5) is 4.52. The average Bonchev–Trinajstić information content (AvgIpc) is 2.47. The van der Waals surface area contributed by atoms with Gasteiger partial charge in [-0.15, -0.1) is 0 Å². The highest BCUT2D eigenvalue weighted by molar-refractivity contribution is 5.98. The third-order valence-corrected chi connectivity index (χ3v) is 3.11. The van der Waals surface area contributed by atoms with E-state index in [1.54, 1.807) is 0 Å². The normalized spacial score (nSPS) is 10.4. The number of hydrogen-bond donors (Lipinski definition) is 0. The lowest BCUT2D eigenvalue weighted by molar-refractivity contribution is 1.36. The van der Waals surface area contributed by atoms with Crippen LogP contribution >= 0.6 is 0 Å². The van der Waals surface area contributed by atoms with E-state index in [0.29, 0.717) is 0 Å². The lowest BCUT2D eigenvalue weighted by atomic mass is 10.0. The highest BCUT2D eigenvalue weighted by Gasteiger charge is 2.05. The van der Waals surface area contributed by atoms with Crippen molar-refractivity contribution in [2.24, 2.45) is 0 Å². The molecular formula is C17H13N. The van der Waals surface area contributed by atoms with Crippen LogP contribution in [-0.4, -0.2) is 4.98 Å². The molecule has 0 saturated heterocycles. The quantitative estimate of drug-likeness (QED) is 0.630. The molecule has 1 heterocycles. The first-order chi connectivity index (χ1) is 8.90. The topological polar surface area (TPSA) is 12.9 Å². The zero-order chi connectivity index (χ0) is 12.4. The van der Waals surface area contributed by atoms with Crippen LogP contribution in [0.3, 0.4) is 0 Å². The fraction of sp³-hybridized carbons (Fsp3) is 0. The Morgan fingerprint density at radius 1 is 0.833 bits per heavy atom.